The molecule has 2 aromatic carbocycles. The van der Waals surface area contributed by atoms with E-state index in [0.717, 1.165) is 16.7 Å². The Morgan fingerprint density at radius 1 is 1.13 bits per heavy atom. The van der Waals surface area contributed by atoms with Gasteiger partial charge in [-0.25, -0.2) is 4.98 Å². The summed E-state index contributed by atoms with van der Waals surface area (Å²) in [5.74, 6) is -0.327. The normalized spacial score (nSPS) is 12.1. The minimum absolute atomic E-state index is 0.267. The topological polar surface area (TPSA) is 64.0 Å². The lowest BCUT2D eigenvalue weighted by Gasteiger charge is -2.16. The summed E-state index contributed by atoms with van der Waals surface area (Å²) in [5, 5.41) is 6.38. The zero-order valence-electron chi connectivity index (χ0n) is 16.1. The number of amides is 1. The number of anilines is 1. The predicted octanol–water partition coefficient (Wildman–Crippen LogP) is 5.94. The number of carbonyl (C=O) groups is 1. The Kier molecular flexibility index (Phi) is 5.64. The van der Waals surface area contributed by atoms with Crippen molar-refractivity contribution in [2.45, 2.75) is 19.9 Å². The van der Waals surface area contributed by atoms with Crippen LogP contribution < -0.4 is 10.9 Å². The van der Waals surface area contributed by atoms with Gasteiger partial charge in [0.25, 0.3) is 5.56 Å². The highest BCUT2D eigenvalue weighted by molar-refractivity contribution is 7.17. The summed E-state index contributed by atoms with van der Waals surface area (Å²) < 4.78 is 1.35. The highest BCUT2D eigenvalue weighted by Gasteiger charge is 2.21. The smallest absolute Gasteiger partial charge is 0.263 e. The fraction of sp³-hybridized carbons (Fsp3) is 0.136. The maximum Gasteiger partial charge on any atom is 0.263 e. The lowest BCUT2D eigenvalue weighted by molar-refractivity contribution is -0.118. The van der Waals surface area contributed by atoms with Crippen LogP contribution in [-0.4, -0.2) is 15.5 Å². The van der Waals surface area contributed by atoms with Gasteiger partial charge in [0.15, 0.2) is 0 Å². The van der Waals surface area contributed by atoms with Gasteiger partial charge in [0.05, 0.1) is 11.7 Å². The first-order chi connectivity index (χ1) is 14.3. The van der Waals surface area contributed by atoms with Gasteiger partial charge in [0.1, 0.15) is 10.9 Å². The van der Waals surface area contributed by atoms with Gasteiger partial charge in [0.2, 0.25) is 5.91 Å². The molecule has 0 fully saturated rings. The van der Waals surface area contributed by atoms with Gasteiger partial charge < -0.3 is 5.32 Å². The van der Waals surface area contributed by atoms with E-state index in [-0.39, 0.29) is 11.5 Å². The molecule has 1 atom stereocenters. The number of fused-ring (bicyclic) bond motifs is 1. The Morgan fingerprint density at radius 3 is 2.57 bits per heavy atom. The van der Waals surface area contributed by atoms with Crippen LogP contribution in [0.1, 0.15) is 18.5 Å². The molecule has 1 N–H and O–H groups in total. The van der Waals surface area contributed by atoms with Gasteiger partial charge in [-0.2, -0.15) is 0 Å². The number of aromatic nitrogens is 2. The maximum atomic E-state index is 13.3. The van der Waals surface area contributed by atoms with Crippen LogP contribution in [0.15, 0.2) is 59.0 Å². The van der Waals surface area contributed by atoms with Gasteiger partial charge in [-0.1, -0.05) is 41.4 Å². The van der Waals surface area contributed by atoms with Crippen molar-refractivity contribution in [3.63, 3.8) is 0 Å². The second-order valence-electron chi connectivity index (χ2n) is 6.92. The standard InChI is InChI=1S/C22H17Cl2N3O2S/c1-12-3-6-16(24)9-18(12)26-20(28)13(2)27-11-25-21-19(22(27)29)17(10-30-21)14-4-7-15(23)8-5-14/h3-11,13H,1-2H3,(H,26,28). The third-order valence-electron chi connectivity index (χ3n) is 4.93. The molecule has 0 aliphatic rings. The van der Waals surface area contributed by atoms with Crippen LogP contribution in [0.3, 0.4) is 0 Å². The second-order valence-corrected chi connectivity index (χ2v) is 8.65. The van der Waals surface area contributed by atoms with Crippen molar-refractivity contribution in [1.29, 1.82) is 0 Å². The molecule has 2 aromatic heterocycles. The number of rotatable bonds is 4. The quantitative estimate of drug-likeness (QED) is 0.412. The van der Waals surface area contributed by atoms with Gasteiger partial charge in [-0.3, -0.25) is 14.2 Å². The number of thiophene rings is 1. The lowest BCUT2D eigenvalue weighted by atomic mass is 10.1. The van der Waals surface area contributed by atoms with E-state index in [4.69, 9.17) is 23.2 Å². The Balaban J connectivity index is 1.72. The largest absolute Gasteiger partial charge is 0.324 e. The molecule has 4 aromatic rings. The highest BCUT2D eigenvalue weighted by atomic mass is 35.5. The van der Waals surface area contributed by atoms with Crippen LogP contribution in [0.4, 0.5) is 5.69 Å². The van der Waals surface area contributed by atoms with E-state index in [1.165, 1.54) is 22.2 Å². The van der Waals surface area contributed by atoms with Gasteiger partial charge in [0, 0.05) is 26.7 Å². The summed E-state index contributed by atoms with van der Waals surface area (Å²) >= 11 is 13.4. The van der Waals surface area contributed by atoms with Crippen LogP contribution in [0, 0.1) is 6.92 Å². The molecule has 0 aliphatic carbocycles. The molecule has 8 heteroatoms. The van der Waals surface area contributed by atoms with Crippen LogP contribution >= 0.6 is 34.5 Å². The molecule has 152 valence electrons. The average molecular weight is 458 g/mol. The average Bonchev–Trinajstić information content (AvgIpc) is 3.16. The molecule has 30 heavy (non-hydrogen) atoms. The minimum Gasteiger partial charge on any atom is -0.324 e. The zero-order valence-corrected chi connectivity index (χ0v) is 18.5. The van der Waals surface area contributed by atoms with E-state index < -0.39 is 6.04 Å². The van der Waals surface area contributed by atoms with Gasteiger partial charge >= 0.3 is 0 Å². The first-order valence-corrected chi connectivity index (χ1v) is 10.8. The van der Waals surface area contributed by atoms with E-state index in [2.05, 4.69) is 10.3 Å². The van der Waals surface area contributed by atoms with Crippen molar-refractivity contribution in [2.75, 3.05) is 5.32 Å². The monoisotopic (exact) mass is 457 g/mol. The second kappa shape index (κ2) is 8.22. The van der Waals surface area contributed by atoms with Gasteiger partial charge in [-0.15, -0.1) is 11.3 Å². The number of hydrogen-bond acceptors (Lipinski definition) is 4. The van der Waals surface area contributed by atoms with Crippen molar-refractivity contribution in [3.05, 3.63) is 80.1 Å². The summed E-state index contributed by atoms with van der Waals surface area (Å²) in [7, 11) is 0. The fourth-order valence-corrected chi connectivity index (χ4v) is 4.36. The lowest BCUT2D eigenvalue weighted by Crippen LogP contribution is -2.31. The predicted molar refractivity (Wildman–Crippen MR) is 124 cm³/mol. The summed E-state index contributed by atoms with van der Waals surface area (Å²) in [6.45, 7) is 3.54. The van der Waals surface area contributed by atoms with Crippen molar-refractivity contribution in [3.8, 4) is 11.1 Å². The van der Waals surface area contributed by atoms with Gasteiger partial charge in [-0.05, 0) is 49.2 Å². The molecule has 0 saturated carbocycles. The molecular formula is C22H17Cl2N3O2S. The summed E-state index contributed by atoms with van der Waals surface area (Å²) in [6.07, 6.45) is 1.42. The van der Waals surface area contributed by atoms with E-state index in [9.17, 15) is 9.59 Å². The number of nitrogens with zero attached hydrogens (tertiary/aromatic N) is 2. The molecule has 4 rings (SSSR count). The number of hydrogen-bond donors (Lipinski definition) is 1. The maximum absolute atomic E-state index is 13.3. The van der Waals surface area contributed by atoms with E-state index in [1.807, 2.05) is 30.5 Å². The Morgan fingerprint density at radius 2 is 1.83 bits per heavy atom. The molecule has 0 saturated heterocycles. The Bertz CT molecular complexity index is 1310. The SMILES string of the molecule is Cc1ccc(Cl)cc1NC(=O)C(C)n1cnc2scc(-c3ccc(Cl)cc3)c2c1=O. The first kappa shape index (κ1) is 20.6. The number of benzene rings is 2. The number of carbonyl (C=O) groups excluding carboxylic acids is 1. The number of nitrogens with one attached hydrogen (secondary N) is 1. The zero-order chi connectivity index (χ0) is 21.4. The van der Waals surface area contributed by atoms with Crippen molar-refractivity contribution < 1.29 is 4.79 Å². The molecular weight excluding hydrogens is 441 g/mol. The highest BCUT2D eigenvalue weighted by Crippen LogP contribution is 2.31. The molecule has 0 radical (unpaired) electrons. The van der Waals surface area contributed by atoms with Crippen molar-refractivity contribution >= 4 is 56.3 Å². The van der Waals surface area contributed by atoms with Crippen LogP contribution in [0.25, 0.3) is 21.3 Å². The third-order valence-corrected chi connectivity index (χ3v) is 6.30. The first-order valence-electron chi connectivity index (χ1n) is 9.16. The van der Waals surface area contributed by atoms with Crippen LogP contribution in [0.2, 0.25) is 10.0 Å². The van der Waals surface area contributed by atoms with Crippen LogP contribution in [-0.2, 0) is 4.79 Å². The molecule has 0 spiro atoms. The summed E-state index contributed by atoms with van der Waals surface area (Å²) in [4.78, 5) is 31.1. The third kappa shape index (κ3) is 3.86. The van der Waals surface area contributed by atoms with E-state index in [0.29, 0.717) is 25.9 Å². The molecule has 1 amide bonds. The van der Waals surface area contributed by atoms with E-state index >= 15 is 0 Å². The summed E-state index contributed by atoms with van der Waals surface area (Å²) in [5.41, 5.74) is 2.87. The minimum atomic E-state index is -0.759. The van der Waals surface area contributed by atoms with Crippen molar-refractivity contribution in [1.82, 2.24) is 9.55 Å². The molecule has 1 unspecified atom stereocenters. The molecule has 2 heterocycles. The molecule has 0 bridgehead atoms. The van der Waals surface area contributed by atoms with Crippen LogP contribution in [0.5, 0.6) is 0 Å². The summed E-state index contributed by atoms with van der Waals surface area (Å²) in [6, 6.07) is 11.8. The Labute approximate surface area is 186 Å². The molecule has 5 nitrogen and oxygen atoms in total. The van der Waals surface area contributed by atoms with E-state index in [1.54, 1.807) is 31.2 Å². The fourth-order valence-electron chi connectivity index (χ4n) is 3.16. The van der Waals surface area contributed by atoms with Crippen molar-refractivity contribution in [2.24, 2.45) is 0 Å². The number of halogens is 2. The molecule has 0 aliphatic heterocycles. The number of aryl methyl sites for hydroxylation is 1. The Hall–Kier alpha value is -2.67.